The molecular formula is C13H17BrN2O4. The van der Waals surface area contributed by atoms with Crippen LogP contribution in [0.1, 0.15) is 24.3 Å². The average molecular weight is 345 g/mol. The third kappa shape index (κ3) is 4.92. The lowest BCUT2D eigenvalue weighted by atomic mass is 9.87. The van der Waals surface area contributed by atoms with Crippen LogP contribution in [0.15, 0.2) is 28.7 Å². The van der Waals surface area contributed by atoms with Crippen LogP contribution in [0.2, 0.25) is 0 Å². The van der Waals surface area contributed by atoms with Crippen molar-refractivity contribution >= 4 is 27.9 Å². The maximum absolute atomic E-state index is 10.9. The Hall–Kier alpha value is -1.44. The quantitative estimate of drug-likeness (QED) is 0.587. The van der Waals surface area contributed by atoms with Gasteiger partial charge >= 0.3 is 11.9 Å². The van der Waals surface area contributed by atoms with Gasteiger partial charge in [-0.3, -0.25) is 9.59 Å². The summed E-state index contributed by atoms with van der Waals surface area (Å²) >= 11 is 3.31. The molecule has 110 valence electrons. The molecule has 2 atom stereocenters. The van der Waals surface area contributed by atoms with Crippen LogP contribution in [0.4, 0.5) is 0 Å². The fraction of sp³-hybridized carbons (Fsp3) is 0.385. The van der Waals surface area contributed by atoms with Gasteiger partial charge in [-0.2, -0.15) is 0 Å². The van der Waals surface area contributed by atoms with E-state index in [2.05, 4.69) is 15.9 Å². The molecule has 0 amide bonds. The molecule has 0 aromatic heterocycles. The Morgan fingerprint density at radius 3 is 1.75 bits per heavy atom. The summed E-state index contributed by atoms with van der Waals surface area (Å²) in [5, 5.41) is 17.8. The van der Waals surface area contributed by atoms with E-state index in [0.717, 1.165) is 10.0 Å². The summed E-state index contributed by atoms with van der Waals surface area (Å²) in [4.78, 5) is 21.7. The van der Waals surface area contributed by atoms with Crippen molar-refractivity contribution in [3.63, 3.8) is 0 Å². The second-order valence-corrected chi connectivity index (χ2v) is 5.53. The van der Waals surface area contributed by atoms with Gasteiger partial charge in [-0.1, -0.05) is 28.1 Å². The van der Waals surface area contributed by atoms with E-state index >= 15 is 0 Å². The maximum Gasteiger partial charge on any atom is 0.320 e. The van der Waals surface area contributed by atoms with Crippen molar-refractivity contribution in [2.24, 2.45) is 11.5 Å². The van der Waals surface area contributed by atoms with Crippen LogP contribution >= 0.6 is 15.9 Å². The van der Waals surface area contributed by atoms with E-state index in [1.54, 1.807) is 24.3 Å². The number of aliphatic carboxylic acids is 2. The number of carboxylic acid groups (broad SMARTS) is 2. The van der Waals surface area contributed by atoms with Crippen molar-refractivity contribution in [3.05, 3.63) is 34.3 Å². The molecule has 0 fully saturated rings. The molecule has 6 N–H and O–H groups in total. The second-order valence-electron chi connectivity index (χ2n) is 4.61. The predicted octanol–water partition coefficient (Wildman–Crippen LogP) is 1.14. The smallest absolute Gasteiger partial charge is 0.320 e. The fourth-order valence-corrected chi connectivity index (χ4v) is 2.18. The van der Waals surface area contributed by atoms with Crippen LogP contribution in [0.25, 0.3) is 0 Å². The van der Waals surface area contributed by atoms with E-state index in [1.165, 1.54) is 0 Å². The molecule has 0 bridgehead atoms. The van der Waals surface area contributed by atoms with Gasteiger partial charge in [0.25, 0.3) is 0 Å². The number of hydrogen-bond acceptors (Lipinski definition) is 4. The molecule has 0 aliphatic carbocycles. The molecule has 0 radical (unpaired) electrons. The predicted molar refractivity (Wildman–Crippen MR) is 77.3 cm³/mol. The summed E-state index contributed by atoms with van der Waals surface area (Å²) in [7, 11) is 0. The molecule has 1 rings (SSSR count). The molecule has 1 aromatic carbocycles. The highest BCUT2D eigenvalue weighted by atomic mass is 79.9. The minimum absolute atomic E-state index is 0.137. The van der Waals surface area contributed by atoms with Gasteiger partial charge < -0.3 is 21.7 Å². The van der Waals surface area contributed by atoms with Gasteiger partial charge in [-0.15, -0.1) is 0 Å². The number of rotatable bonds is 7. The topological polar surface area (TPSA) is 127 Å². The number of carboxylic acids is 2. The fourth-order valence-electron chi connectivity index (χ4n) is 1.92. The number of hydrogen-bond donors (Lipinski definition) is 4. The van der Waals surface area contributed by atoms with Crippen molar-refractivity contribution < 1.29 is 19.8 Å². The summed E-state index contributed by atoms with van der Waals surface area (Å²) in [6.45, 7) is 0. The third-order valence-corrected chi connectivity index (χ3v) is 3.58. The van der Waals surface area contributed by atoms with Crippen LogP contribution in [-0.2, 0) is 9.59 Å². The van der Waals surface area contributed by atoms with Crippen molar-refractivity contribution in [3.8, 4) is 0 Å². The monoisotopic (exact) mass is 344 g/mol. The van der Waals surface area contributed by atoms with Crippen LogP contribution in [0.3, 0.4) is 0 Å². The molecule has 0 aliphatic rings. The Balaban J connectivity index is 2.91. The van der Waals surface area contributed by atoms with Gasteiger partial charge in [0, 0.05) is 4.47 Å². The lowest BCUT2D eigenvalue weighted by molar-refractivity contribution is -0.139. The van der Waals surface area contributed by atoms with Gasteiger partial charge in [-0.05, 0) is 36.5 Å². The summed E-state index contributed by atoms with van der Waals surface area (Å²) in [6.07, 6.45) is 0.274. The number of halogens is 1. The molecule has 0 heterocycles. The Morgan fingerprint density at radius 2 is 1.40 bits per heavy atom. The number of nitrogens with two attached hydrogens (primary N) is 2. The number of benzene rings is 1. The minimum Gasteiger partial charge on any atom is -0.480 e. The molecule has 7 heteroatoms. The maximum atomic E-state index is 10.9. The highest BCUT2D eigenvalue weighted by Crippen LogP contribution is 2.27. The van der Waals surface area contributed by atoms with Crippen molar-refractivity contribution in [2.75, 3.05) is 0 Å². The molecule has 0 aliphatic heterocycles. The van der Waals surface area contributed by atoms with E-state index in [9.17, 15) is 9.59 Å². The molecule has 20 heavy (non-hydrogen) atoms. The Labute approximate surface area is 124 Å². The molecule has 0 spiro atoms. The summed E-state index contributed by atoms with van der Waals surface area (Å²) in [5.41, 5.74) is 11.9. The first kappa shape index (κ1) is 16.6. The number of carbonyl (C=O) groups is 2. The average Bonchev–Trinajstić information content (AvgIpc) is 2.38. The Morgan fingerprint density at radius 1 is 1.00 bits per heavy atom. The van der Waals surface area contributed by atoms with E-state index < -0.39 is 24.0 Å². The van der Waals surface area contributed by atoms with Gasteiger partial charge in [0.05, 0.1) is 0 Å². The molecular weight excluding hydrogens is 328 g/mol. The van der Waals surface area contributed by atoms with E-state index in [0.29, 0.717) is 0 Å². The van der Waals surface area contributed by atoms with Crippen molar-refractivity contribution in [1.82, 2.24) is 0 Å². The SMILES string of the molecule is NC(CC(CC(N)C(=O)O)c1ccc(Br)cc1)C(=O)O. The molecule has 0 saturated heterocycles. The second kappa shape index (κ2) is 7.37. The van der Waals surface area contributed by atoms with Gasteiger partial charge in [0.1, 0.15) is 12.1 Å². The molecule has 1 aromatic rings. The van der Waals surface area contributed by atoms with Crippen LogP contribution in [-0.4, -0.2) is 34.2 Å². The molecule has 6 nitrogen and oxygen atoms in total. The Kier molecular flexibility index (Phi) is 6.12. The van der Waals surface area contributed by atoms with Crippen molar-refractivity contribution in [1.29, 1.82) is 0 Å². The van der Waals surface area contributed by atoms with Crippen molar-refractivity contribution in [2.45, 2.75) is 30.8 Å². The van der Waals surface area contributed by atoms with E-state index in [-0.39, 0.29) is 18.8 Å². The standard InChI is InChI=1S/C13H17BrN2O4/c14-9-3-1-7(2-4-9)8(5-10(15)12(17)18)6-11(16)13(19)20/h1-4,8,10-11H,5-6,15-16H2,(H,17,18)(H,19,20). The summed E-state index contributed by atoms with van der Waals surface area (Å²) < 4.78 is 0.880. The lowest BCUT2D eigenvalue weighted by Gasteiger charge is -2.21. The molecule has 2 unspecified atom stereocenters. The third-order valence-electron chi connectivity index (χ3n) is 3.05. The van der Waals surface area contributed by atoms with Crippen LogP contribution in [0, 0.1) is 0 Å². The van der Waals surface area contributed by atoms with Gasteiger partial charge in [-0.25, -0.2) is 0 Å². The van der Waals surface area contributed by atoms with Crippen LogP contribution in [0.5, 0.6) is 0 Å². The van der Waals surface area contributed by atoms with E-state index in [1.807, 2.05) is 0 Å². The first-order valence-corrected chi connectivity index (χ1v) is 6.82. The first-order valence-electron chi connectivity index (χ1n) is 6.03. The highest BCUT2D eigenvalue weighted by Gasteiger charge is 2.24. The highest BCUT2D eigenvalue weighted by molar-refractivity contribution is 9.10. The molecule has 0 saturated carbocycles. The van der Waals surface area contributed by atoms with E-state index in [4.69, 9.17) is 21.7 Å². The summed E-state index contributed by atoms with van der Waals surface area (Å²) in [6, 6.07) is 5.12. The zero-order chi connectivity index (χ0) is 15.3. The zero-order valence-electron chi connectivity index (χ0n) is 10.7. The zero-order valence-corrected chi connectivity index (χ0v) is 12.3. The van der Waals surface area contributed by atoms with Gasteiger partial charge in [0.2, 0.25) is 0 Å². The minimum atomic E-state index is -1.11. The normalized spacial score (nSPS) is 15.3. The Bertz CT molecular complexity index is 456. The van der Waals surface area contributed by atoms with Gasteiger partial charge in [0.15, 0.2) is 0 Å². The van der Waals surface area contributed by atoms with Crippen LogP contribution < -0.4 is 11.5 Å². The summed E-state index contributed by atoms with van der Waals surface area (Å²) in [5.74, 6) is -2.55. The largest absolute Gasteiger partial charge is 0.480 e. The lowest BCUT2D eigenvalue weighted by Crippen LogP contribution is -2.36. The first-order chi connectivity index (χ1) is 9.31.